The van der Waals surface area contributed by atoms with Crippen molar-refractivity contribution in [2.75, 3.05) is 0 Å². The molecule has 0 aromatic heterocycles. The first-order chi connectivity index (χ1) is 9.74. The van der Waals surface area contributed by atoms with Crippen molar-refractivity contribution in [2.24, 2.45) is 0 Å². The van der Waals surface area contributed by atoms with Crippen LogP contribution in [0, 0.1) is 0 Å². The van der Waals surface area contributed by atoms with Gasteiger partial charge in [-0.25, -0.2) is 12.1 Å². The van der Waals surface area contributed by atoms with Crippen LogP contribution in [0.5, 0.6) is 0 Å². The fourth-order valence-corrected chi connectivity index (χ4v) is 4.46. The largest absolute Gasteiger partial charge is 1.00 e. The second-order valence-electron chi connectivity index (χ2n) is 4.27. The molecule has 0 bridgehead atoms. The minimum atomic E-state index is -0.323. The molecule has 0 aliphatic carbocycles. The van der Waals surface area contributed by atoms with E-state index in [1.165, 1.54) is 23.2 Å². The van der Waals surface area contributed by atoms with Gasteiger partial charge in [0.25, 0.3) is 0 Å². The number of hydrogen-bond donors (Lipinski definition) is 0. The van der Waals surface area contributed by atoms with E-state index in [0.717, 1.165) is 0 Å². The Labute approximate surface area is 165 Å². The van der Waals surface area contributed by atoms with E-state index in [1.54, 1.807) is 23.3 Å². The molecule has 22 heavy (non-hydrogen) atoms. The van der Waals surface area contributed by atoms with E-state index in [4.69, 9.17) is 11.1 Å². The molecule has 0 amide bonds. The van der Waals surface area contributed by atoms with Crippen molar-refractivity contribution in [3.8, 4) is 0 Å². The number of halogens is 3. The summed E-state index contributed by atoms with van der Waals surface area (Å²) in [6.45, 7) is 2.18. The molecule has 5 heteroatoms. The van der Waals surface area contributed by atoms with Gasteiger partial charge in [0.2, 0.25) is 0 Å². The average Bonchev–Trinajstić information content (AvgIpc) is 3.14. The third-order valence-electron chi connectivity index (χ3n) is 2.57. The Bertz CT molecular complexity index is 543. The maximum Gasteiger partial charge on any atom is -0.0809 e. The van der Waals surface area contributed by atoms with Crippen LogP contribution in [0.4, 0.5) is 0 Å². The van der Waals surface area contributed by atoms with Crippen LogP contribution < -0.4 is 24.8 Å². The van der Waals surface area contributed by atoms with Crippen molar-refractivity contribution in [1.29, 1.82) is 0 Å². The van der Waals surface area contributed by atoms with E-state index in [9.17, 15) is 0 Å². The van der Waals surface area contributed by atoms with Gasteiger partial charge in [-0.05, 0) is 0 Å². The maximum absolute atomic E-state index is 5.72. The molecular weight excluding hydrogens is 430 g/mol. The second-order valence-corrected chi connectivity index (χ2v) is 13.7. The van der Waals surface area contributed by atoms with Crippen LogP contribution in [0.1, 0.15) is 13.3 Å². The van der Waals surface area contributed by atoms with Crippen molar-refractivity contribution in [3.05, 3.63) is 72.8 Å². The Morgan fingerprint density at radius 3 is 2.05 bits per heavy atom. The van der Waals surface area contributed by atoms with Crippen LogP contribution in [0.25, 0.3) is 10.8 Å². The van der Waals surface area contributed by atoms with Crippen LogP contribution in [0.3, 0.4) is 0 Å². The predicted molar refractivity (Wildman–Crippen MR) is 88.3 cm³/mol. The molecule has 0 saturated carbocycles. The first-order valence-electron chi connectivity index (χ1n) is 6.74. The van der Waals surface area contributed by atoms with Gasteiger partial charge in [-0.3, -0.25) is 0 Å². The number of rotatable bonds is 2. The summed E-state index contributed by atoms with van der Waals surface area (Å²) in [6.07, 6.45) is 1.27. The summed E-state index contributed by atoms with van der Waals surface area (Å²) in [5.41, 5.74) is 0. The first-order valence-corrected chi connectivity index (χ1v) is 13.1. The Morgan fingerprint density at radius 2 is 1.64 bits per heavy atom. The summed E-state index contributed by atoms with van der Waals surface area (Å²) >= 11 is 7.27. The van der Waals surface area contributed by atoms with Gasteiger partial charge < -0.3 is 24.8 Å². The summed E-state index contributed by atoms with van der Waals surface area (Å²) in [5, 5.41) is 2.66. The van der Waals surface area contributed by atoms with Crippen LogP contribution in [0.2, 0.25) is 6.04 Å². The van der Waals surface area contributed by atoms with Crippen LogP contribution >= 0.6 is 11.1 Å². The summed E-state index contributed by atoms with van der Waals surface area (Å²) < 4.78 is -0.323. The number of fused-ring (bicyclic) bond motifs is 1. The van der Waals surface area contributed by atoms with Gasteiger partial charge in [-0.2, -0.15) is 35.7 Å². The summed E-state index contributed by atoms with van der Waals surface area (Å²) in [4.78, 5) is 0. The van der Waals surface area contributed by atoms with Crippen molar-refractivity contribution >= 4 is 26.6 Å². The zero-order valence-corrected chi connectivity index (χ0v) is 18.2. The summed E-state index contributed by atoms with van der Waals surface area (Å²) in [6, 6.07) is 26.0. The van der Waals surface area contributed by atoms with Crippen molar-refractivity contribution in [2.45, 2.75) is 19.4 Å². The molecule has 0 heterocycles. The third kappa shape index (κ3) is 11.7. The van der Waals surface area contributed by atoms with Crippen LogP contribution in [0.15, 0.2) is 72.8 Å². The minimum absolute atomic E-state index is 0. The van der Waals surface area contributed by atoms with Gasteiger partial charge in [0.15, 0.2) is 0 Å². The Balaban J connectivity index is 0. The molecule has 0 saturated heterocycles. The number of benzene rings is 1. The fourth-order valence-electron chi connectivity index (χ4n) is 1.61. The molecule has 118 valence electrons. The molecule has 3 aromatic rings. The van der Waals surface area contributed by atoms with E-state index in [2.05, 4.69) is 49.4 Å². The Morgan fingerprint density at radius 1 is 1.00 bits per heavy atom. The molecule has 0 aliphatic rings. The summed E-state index contributed by atoms with van der Waals surface area (Å²) in [5.74, 6) is 0. The predicted octanol–water partition coefficient (Wildman–Crippen LogP) is -0.358. The van der Waals surface area contributed by atoms with Crippen molar-refractivity contribution in [1.82, 2.24) is 0 Å². The van der Waals surface area contributed by atoms with E-state index >= 15 is 0 Å². The molecule has 0 N–H and O–H groups in total. The molecule has 3 aromatic carbocycles. The zero-order chi connectivity index (χ0) is 14.6. The first kappa shape index (κ1) is 24.4. The molecule has 0 nitrogen and oxygen atoms in total. The van der Waals surface area contributed by atoms with E-state index in [-0.39, 0.29) is 29.6 Å². The molecule has 0 unspecified atom stereocenters. The van der Waals surface area contributed by atoms with E-state index in [0.29, 0.717) is 0 Å². The average molecular weight is 449 g/mol. The Kier molecular flexibility index (Phi) is 17.8. The van der Waals surface area contributed by atoms with Crippen molar-refractivity contribution < 1.29 is 48.1 Å². The van der Waals surface area contributed by atoms with Crippen LogP contribution in [-0.2, 0) is 23.3 Å². The van der Waals surface area contributed by atoms with Crippen LogP contribution in [-0.4, -0.2) is 4.74 Å². The maximum atomic E-state index is 5.72. The van der Waals surface area contributed by atoms with Gasteiger partial charge in [0.05, 0.1) is 0 Å². The van der Waals surface area contributed by atoms with Crippen molar-refractivity contribution in [3.63, 3.8) is 0 Å². The smallest absolute Gasteiger partial charge is 0.0809 e. The molecule has 0 atom stereocenters. The molecular formula is C17H19Cl3SiZr-2. The van der Waals surface area contributed by atoms with E-state index in [1.807, 2.05) is 30.3 Å². The zero-order valence-electron chi connectivity index (χ0n) is 12.5. The van der Waals surface area contributed by atoms with Gasteiger partial charge >= 0.3 is 58.5 Å². The molecule has 0 radical (unpaired) electrons. The molecule has 0 spiro atoms. The van der Waals surface area contributed by atoms with E-state index < -0.39 is 0 Å². The normalized spacial score (nSPS) is 8.36. The molecule has 0 aliphatic heterocycles. The molecule has 0 fully saturated rings. The quantitative estimate of drug-likeness (QED) is 0.285. The SMILES string of the molecule is CCC[Si](Cl)=[Zr+2].[Cl-].[Cl-].c1cc[cH-]c1.c1ccc2[cH-]ccc2c1. The monoisotopic (exact) mass is 446 g/mol. The standard InChI is InChI=1S/C9H7.C5H5.C3H7ClSi.2ClH.Zr/c1-2-5-9-7-3-6-8(9)4-1;1-2-4-5-3-1;1-2-3-5-4;;;/h1-7H;1-5H;2-3H2,1H3;2*1H;/q2*-1;;;;+2/p-2. The van der Waals surface area contributed by atoms with Gasteiger partial charge in [0, 0.05) is 0 Å². The molecule has 3 rings (SSSR count). The Hall–Kier alpha value is 0.150. The second kappa shape index (κ2) is 16.0. The summed E-state index contributed by atoms with van der Waals surface area (Å²) in [7, 11) is 0. The third-order valence-corrected chi connectivity index (χ3v) is 5.92. The fraction of sp³-hybridized carbons (Fsp3) is 0.176. The topological polar surface area (TPSA) is 0 Å². The van der Waals surface area contributed by atoms with Gasteiger partial charge in [-0.15, -0.1) is 29.7 Å². The minimum Gasteiger partial charge on any atom is -1.00 e. The number of hydrogen-bond acceptors (Lipinski definition) is 0. The van der Waals surface area contributed by atoms with Gasteiger partial charge in [0.1, 0.15) is 0 Å². The van der Waals surface area contributed by atoms with Gasteiger partial charge in [-0.1, -0.05) is 6.07 Å².